The Morgan fingerprint density at radius 1 is 1.47 bits per heavy atom. The van der Waals surface area contributed by atoms with Crippen LogP contribution in [0.1, 0.15) is 12.5 Å². The number of ether oxygens (including phenoxy) is 1. The molecular weight excluding hydrogens is 217 g/mol. The van der Waals surface area contributed by atoms with Gasteiger partial charge in [-0.1, -0.05) is 17.7 Å². The van der Waals surface area contributed by atoms with Crippen LogP contribution in [0.25, 0.3) is 0 Å². The maximum absolute atomic E-state index is 12.7. The molecule has 0 aliphatic carbocycles. The van der Waals surface area contributed by atoms with Crippen molar-refractivity contribution < 1.29 is 9.13 Å². The minimum Gasteiger partial charge on any atom is -0.380 e. The molecule has 0 saturated carbocycles. The van der Waals surface area contributed by atoms with Crippen LogP contribution < -0.4 is 5.32 Å². The fraction of sp³-hybridized carbons (Fsp3) is 0.455. The molecule has 0 aromatic heterocycles. The van der Waals surface area contributed by atoms with Gasteiger partial charge < -0.3 is 10.1 Å². The highest BCUT2D eigenvalue weighted by molar-refractivity contribution is 6.31. The van der Waals surface area contributed by atoms with E-state index in [-0.39, 0.29) is 5.82 Å². The largest absolute Gasteiger partial charge is 0.380 e. The highest BCUT2D eigenvalue weighted by atomic mass is 35.5. The van der Waals surface area contributed by atoms with Crippen LogP contribution in [-0.2, 0) is 11.3 Å². The molecule has 84 valence electrons. The van der Waals surface area contributed by atoms with E-state index in [9.17, 15) is 4.39 Å². The minimum absolute atomic E-state index is 0.307. The first-order chi connectivity index (χ1) is 7.24. The third-order valence-corrected chi connectivity index (χ3v) is 2.31. The van der Waals surface area contributed by atoms with Crippen molar-refractivity contribution in [2.75, 3.05) is 19.8 Å². The lowest BCUT2D eigenvalue weighted by Crippen LogP contribution is -2.19. The summed E-state index contributed by atoms with van der Waals surface area (Å²) in [5, 5.41) is 3.62. The van der Waals surface area contributed by atoms with E-state index in [4.69, 9.17) is 16.3 Å². The normalized spacial score (nSPS) is 10.6. The predicted molar refractivity (Wildman–Crippen MR) is 59.6 cm³/mol. The number of halogens is 2. The molecule has 2 nitrogen and oxygen atoms in total. The van der Waals surface area contributed by atoms with Crippen LogP contribution in [0.4, 0.5) is 4.39 Å². The molecule has 0 fully saturated rings. The van der Waals surface area contributed by atoms with E-state index in [0.717, 1.165) is 18.7 Å². The van der Waals surface area contributed by atoms with Crippen LogP contribution in [0.15, 0.2) is 18.2 Å². The Morgan fingerprint density at radius 2 is 2.27 bits per heavy atom. The topological polar surface area (TPSA) is 21.3 Å². The van der Waals surface area contributed by atoms with E-state index < -0.39 is 0 Å². The van der Waals surface area contributed by atoms with Gasteiger partial charge in [-0.2, -0.15) is 0 Å². The van der Waals surface area contributed by atoms with Crippen molar-refractivity contribution in [3.8, 4) is 0 Å². The lowest BCUT2D eigenvalue weighted by Gasteiger charge is -2.06. The second-order valence-electron chi connectivity index (χ2n) is 3.11. The average molecular weight is 232 g/mol. The maximum Gasteiger partial charge on any atom is 0.124 e. The molecule has 1 N–H and O–H groups in total. The molecule has 1 aromatic carbocycles. The Hall–Kier alpha value is -0.640. The summed E-state index contributed by atoms with van der Waals surface area (Å²) in [6.07, 6.45) is 0. The van der Waals surface area contributed by atoms with E-state index in [0.29, 0.717) is 18.2 Å². The third kappa shape index (κ3) is 4.60. The van der Waals surface area contributed by atoms with Crippen molar-refractivity contribution in [2.45, 2.75) is 13.5 Å². The summed E-state index contributed by atoms with van der Waals surface area (Å²) in [6, 6.07) is 4.41. The zero-order chi connectivity index (χ0) is 11.1. The smallest absolute Gasteiger partial charge is 0.124 e. The second kappa shape index (κ2) is 6.77. The van der Waals surface area contributed by atoms with Crippen molar-refractivity contribution >= 4 is 11.6 Å². The Balaban J connectivity index is 2.31. The van der Waals surface area contributed by atoms with Crippen molar-refractivity contribution in [3.05, 3.63) is 34.6 Å². The first kappa shape index (κ1) is 12.4. The number of rotatable bonds is 6. The Labute approximate surface area is 94.4 Å². The molecule has 0 amide bonds. The first-order valence-corrected chi connectivity index (χ1v) is 5.34. The Morgan fingerprint density at radius 3 is 2.93 bits per heavy atom. The van der Waals surface area contributed by atoms with Crippen molar-refractivity contribution in [1.29, 1.82) is 0 Å². The molecule has 15 heavy (non-hydrogen) atoms. The zero-order valence-corrected chi connectivity index (χ0v) is 9.48. The van der Waals surface area contributed by atoms with Gasteiger partial charge in [-0.05, 0) is 24.6 Å². The van der Waals surface area contributed by atoms with Crippen LogP contribution in [0.2, 0.25) is 5.02 Å². The monoisotopic (exact) mass is 231 g/mol. The lowest BCUT2D eigenvalue weighted by atomic mass is 10.2. The average Bonchev–Trinajstić information content (AvgIpc) is 2.20. The SMILES string of the molecule is CCOCCNCc1ccc(F)cc1Cl. The summed E-state index contributed by atoms with van der Waals surface area (Å²) in [6.45, 7) is 4.75. The van der Waals surface area contributed by atoms with Gasteiger partial charge in [-0.3, -0.25) is 0 Å². The van der Waals surface area contributed by atoms with Gasteiger partial charge in [0, 0.05) is 24.7 Å². The molecule has 1 aromatic rings. The summed E-state index contributed by atoms with van der Waals surface area (Å²) in [5.74, 6) is -0.307. The molecule has 4 heteroatoms. The fourth-order valence-corrected chi connectivity index (χ4v) is 1.41. The Kier molecular flexibility index (Phi) is 5.61. The van der Waals surface area contributed by atoms with Gasteiger partial charge in [-0.25, -0.2) is 4.39 Å². The van der Waals surface area contributed by atoms with E-state index in [1.807, 2.05) is 6.92 Å². The fourth-order valence-electron chi connectivity index (χ4n) is 1.18. The molecule has 0 atom stereocenters. The predicted octanol–water partition coefficient (Wildman–Crippen LogP) is 2.61. The summed E-state index contributed by atoms with van der Waals surface area (Å²) in [5.41, 5.74) is 0.898. The molecule has 0 heterocycles. The van der Waals surface area contributed by atoms with Crippen molar-refractivity contribution in [2.24, 2.45) is 0 Å². The first-order valence-electron chi connectivity index (χ1n) is 4.96. The molecular formula is C11H15ClFNO. The minimum atomic E-state index is -0.307. The summed E-state index contributed by atoms with van der Waals surface area (Å²) in [7, 11) is 0. The molecule has 0 unspecified atom stereocenters. The highest BCUT2D eigenvalue weighted by Crippen LogP contribution is 2.16. The van der Waals surface area contributed by atoms with E-state index in [1.165, 1.54) is 12.1 Å². The number of hydrogen-bond donors (Lipinski definition) is 1. The third-order valence-electron chi connectivity index (χ3n) is 1.96. The molecule has 0 spiro atoms. The summed E-state index contributed by atoms with van der Waals surface area (Å²) < 4.78 is 17.9. The standard InChI is InChI=1S/C11H15ClFNO/c1-2-15-6-5-14-8-9-3-4-10(13)7-11(9)12/h3-4,7,14H,2,5-6,8H2,1H3. The van der Waals surface area contributed by atoms with E-state index in [1.54, 1.807) is 6.07 Å². The van der Waals surface area contributed by atoms with Crippen molar-refractivity contribution in [1.82, 2.24) is 5.32 Å². The molecule has 0 aliphatic rings. The zero-order valence-electron chi connectivity index (χ0n) is 8.72. The van der Waals surface area contributed by atoms with E-state index in [2.05, 4.69) is 5.32 Å². The van der Waals surface area contributed by atoms with Gasteiger partial charge in [0.05, 0.1) is 6.61 Å². The number of hydrogen-bond acceptors (Lipinski definition) is 2. The van der Waals surface area contributed by atoms with Gasteiger partial charge in [0.25, 0.3) is 0 Å². The summed E-state index contributed by atoms with van der Waals surface area (Å²) >= 11 is 5.86. The molecule has 0 aliphatic heterocycles. The van der Waals surface area contributed by atoms with Gasteiger partial charge >= 0.3 is 0 Å². The van der Waals surface area contributed by atoms with Crippen LogP contribution in [0.3, 0.4) is 0 Å². The van der Waals surface area contributed by atoms with Gasteiger partial charge in [-0.15, -0.1) is 0 Å². The summed E-state index contributed by atoms with van der Waals surface area (Å²) in [4.78, 5) is 0. The number of nitrogens with one attached hydrogen (secondary N) is 1. The Bertz CT molecular complexity index is 307. The maximum atomic E-state index is 12.7. The molecule has 0 radical (unpaired) electrons. The van der Waals surface area contributed by atoms with Crippen molar-refractivity contribution in [3.63, 3.8) is 0 Å². The van der Waals surface area contributed by atoms with Crippen LogP contribution in [0, 0.1) is 5.82 Å². The molecule has 0 bridgehead atoms. The quantitative estimate of drug-likeness (QED) is 0.760. The second-order valence-corrected chi connectivity index (χ2v) is 3.52. The molecule has 0 saturated heterocycles. The molecule has 1 rings (SSSR count). The van der Waals surface area contributed by atoms with Crippen LogP contribution in [0.5, 0.6) is 0 Å². The van der Waals surface area contributed by atoms with Gasteiger partial charge in [0.1, 0.15) is 5.82 Å². The van der Waals surface area contributed by atoms with Crippen LogP contribution >= 0.6 is 11.6 Å². The van der Waals surface area contributed by atoms with E-state index >= 15 is 0 Å². The lowest BCUT2D eigenvalue weighted by molar-refractivity contribution is 0.149. The number of benzene rings is 1. The van der Waals surface area contributed by atoms with Gasteiger partial charge in [0.15, 0.2) is 0 Å². The van der Waals surface area contributed by atoms with Crippen LogP contribution in [-0.4, -0.2) is 19.8 Å². The van der Waals surface area contributed by atoms with Gasteiger partial charge in [0.2, 0.25) is 0 Å². The highest BCUT2D eigenvalue weighted by Gasteiger charge is 2.00.